The van der Waals surface area contributed by atoms with Crippen molar-refractivity contribution in [2.24, 2.45) is 0 Å². The quantitative estimate of drug-likeness (QED) is 0.305. The van der Waals surface area contributed by atoms with Crippen LogP contribution in [0.4, 0.5) is 0 Å². The SMILES string of the molecule is C=C(C)C(=O)OCc1c(-c2ccccc2)nc(-c2ccccc2)n1-c1ccccc1. The van der Waals surface area contributed by atoms with E-state index in [-0.39, 0.29) is 6.61 Å². The summed E-state index contributed by atoms with van der Waals surface area (Å²) in [5.41, 5.74) is 4.85. The van der Waals surface area contributed by atoms with E-state index >= 15 is 0 Å². The summed E-state index contributed by atoms with van der Waals surface area (Å²) >= 11 is 0. The normalized spacial score (nSPS) is 10.6. The third-order valence-corrected chi connectivity index (χ3v) is 4.75. The largest absolute Gasteiger partial charge is 0.456 e. The van der Waals surface area contributed by atoms with Crippen LogP contribution in [-0.2, 0) is 16.1 Å². The second-order valence-corrected chi connectivity index (χ2v) is 6.99. The topological polar surface area (TPSA) is 44.1 Å². The first-order valence-electron chi connectivity index (χ1n) is 9.75. The molecule has 0 bridgehead atoms. The molecule has 0 amide bonds. The maximum Gasteiger partial charge on any atom is 0.333 e. The van der Waals surface area contributed by atoms with E-state index in [1.165, 1.54) is 0 Å². The van der Waals surface area contributed by atoms with Crippen LogP contribution in [0, 0.1) is 0 Å². The Morgan fingerprint density at radius 3 is 1.97 bits per heavy atom. The molecule has 0 saturated heterocycles. The number of esters is 1. The summed E-state index contributed by atoms with van der Waals surface area (Å²) in [6, 6.07) is 29.9. The number of carbonyl (C=O) groups excluding carboxylic acids is 1. The third kappa shape index (κ3) is 3.94. The van der Waals surface area contributed by atoms with E-state index in [0.717, 1.165) is 34.0 Å². The smallest absolute Gasteiger partial charge is 0.333 e. The molecule has 30 heavy (non-hydrogen) atoms. The second kappa shape index (κ2) is 8.62. The highest BCUT2D eigenvalue weighted by Crippen LogP contribution is 2.32. The van der Waals surface area contributed by atoms with Crippen LogP contribution >= 0.6 is 0 Å². The molecular formula is C26H22N2O2. The molecule has 0 spiro atoms. The van der Waals surface area contributed by atoms with E-state index in [4.69, 9.17) is 9.72 Å². The summed E-state index contributed by atoms with van der Waals surface area (Å²) in [5, 5.41) is 0. The maximum absolute atomic E-state index is 12.1. The predicted molar refractivity (Wildman–Crippen MR) is 119 cm³/mol. The van der Waals surface area contributed by atoms with Gasteiger partial charge in [0.2, 0.25) is 0 Å². The van der Waals surface area contributed by atoms with Crippen LogP contribution in [0.5, 0.6) is 0 Å². The highest BCUT2D eigenvalue weighted by molar-refractivity contribution is 5.87. The molecule has 4 nitrogen and oxygen atoms in total. The number of ether oxygens (including phenoxy) is 1. The lowest BCUT2D eigenvalue weighted by Crippen LogP contribution is -2.10. The van der Waals surface area contributed by atoms with Gasteiger partial charge in [-0.2, -0.15) is 0 Å². The van der Waals surface area contributed by atoms with Crippen molar-refractivity contribution in [3.05, 3.63) is 109 Å². The molecule has 0 fully saturated rings. The molecule has 0 N–H and O–H groups in total. The van der Waals surface area contributed by atoms with E-state index in [2.05, 4.69) is 11.1 Å². The molecule has 4 aromatic rings. The van der Waals surface area contributed by atoms with Crippen molar-refractivity contribution >= 4 is 5.97 Å². The van der Waals surface area contributed by atoms with Crippen LogP contribution in [0.1, 0.15) is 12.6 Å². The first-order valence-corrected chi connectivity index (χ1v) is 9.75. The van der Waals surface area contributed by atoms with Crippen molar-refractivity contribution in [1.82, 2.24) is 9.55 Å². The van der Waals surface area contributed by atoms with Crippen LogP contribution < -0.4 is 0 Å². The van der Waals surface area contributed by atoms with Crippen molar-refractivity contribution in [3.8, 4) is 28.3 Å². The van der Waals surface area contributed by atoms with Crippen LogP contribution in [0.3, 0.4) is 0 Å². The first-order chi connectivity index (χ1) is 14.6. The number of benzene rings is 3. The summed E-state index contributed by atoms with van der Waals surface area (Å²) in [7, 11) is 0. The lowest BCUT2D eigenvalue weighted by Gasteiger charge is -2.13. The summed E-state index contributed by atoms with van der Waals surface area (Å²) in [6.07, 6.45) is 0. The Hall–Kier alpha value is -3.92. The van der Waals surface area contributed by atoms with Crippen LogP contribution in [0.15, 0.2) is 103 Å². The van der Waals surface area contributed by atoms with E-state index in [0.29, 0.717) is 5.57 Å². The van der Waals surface area contributed by atoms with E-state index in [1.807, 2.05) is 91.0 Å². The van der Waals surface area contributed by atoms with Gasteiger partial charge in [-0.25, -0.2) is 9.78 Å². The summed E-state index contributed by atoms with van der Waals surface area (Å²) in [6.45, 7) is 5.42. The molecule has 4 heteroatoms. The highest BCUT2D eigenvalue weighted by Gasteiger charge is 2.22. The van der Waals surface area contributed by atoms with Gasteiger partial charge in [0.05, 0.1) is 11.4 Å². The Morgan fingerprint density at radius 2 is 1.40 bits per heavy atom. The Morgan fingerprint density at radius 1 is 0.867 bits per heavy atom. The van der Waals surface area contributed by atoms with Crippen molar-refractivity contribution < 1.29 is 9.53 Å². The minimum absolute atomic E-state index is 0.0879. The third-order valence-electron chi connectivity index (χ3n) is 4.75. The average molecular weight is 394 g/mol. The number of imidazole rings is 1. The van der Waals surface area contributed by atoms with Crippen LogP contribution in [0.2, 0.25) is 0 Å². The lowest BCUT2D eigenvalue weighted by molar-refractivity contribution is -0.140. The Labute approximate surface area is 176 Å². The number of carbonyl (C=O) groups is 1. The molecular weight excluding hydrogens is 372 g/mol. The highest BCUT2D eigenvalue weighted by atomic mass is 16.5. The van der Waals surface area contributed by atoms with E-state index in [9.17, 15) is 4.79 Å². The maximum atomic E-state index is 12.1. The monoisotopic (exact) mass is 394 g/mol. The number of rotatable bonds is 6. The number of aromatic nitrogens is 2. The number of para-hydroxylation sites is 1. The Balaban J connectivity index is 1.95. The molecule has 1 aromatic heterocycles. The zero-order valence-corrected chi connectivity index (χ0v) is 16.8. The Bertz CT molecular complexity index is 1160. The van der Waals surface area contributed by atoms with Crippen molar-refractivity contribution in [2.75, 3.05) is 0 Å². The van der Waals surface area contributed by atoms with Crippen molar-refractivity contribution in [3.63, 3.8) is 0 Å². The molecule has 0 radical (unpaired) electrons. The fourth-order valence-corrected chi connectivity index (χ4v) is 3.31. The summed E-state index contributed by atoms with van der Waals surface area (Å²) < 4.78 is 7.62. The number of hydrogen-bond acceptors (Lipinski definition) is 3. The van der Waals surface area contributed by atoms with Gasteiger partial charge in [-0.1, -0.05) is 85.4 Å². The number of nitrogens with zero attached hydrogens (tertiary/aromatic N) is 2. The van der Waals surface area contributed by atoms with Gasteiger partial charge in [-0.3, -0.25) is 4.57 Å². The predicted octanol–water partition coefficient (Wildman–Crippen LogP) is 5.83. The minimum Gasteiger partial charge on any atom is -0.456 e. The second-order valence-electron chi connectivity index (χ2n) is 6.99. The minimum atomic E-state index is -0.420. The standard InChI is InChI=1S/C26H22N2O2/c1-19(2)26(29)30-18-23-24(20-12-6-3-7-13-20)27-25(21-14-8-4-9-15-21)28(23)22-16-10-5-11-17-22/h3-17H,1,18H2,2H3. The van der Waals surface area contributed by atoms with E-state index in [1.54, 1.807) is 6.92 Å². The zero-order valence-electron chi connectivity index (χ0n) is 16.8. The fourth-order valence-electron chi connectivity index (χ4n) is 3.31. The van der Waals surface area contributed by atoms with Gasteiger partial charge in [-0.05, 0) is 19.1 Å². The van der Waals surface area contributed by atoms with Crippen LogP contribution in [0.25, 0.3) is 28.3 Å². The number of hydrogen-bond donors (Lipinski definition) is 0. The fraction of sp³-hybridized carbons (Fsp3) is 0.0769. The van der Waals surface area contributed by atoms with Crippen LogP contribution in [-0.4, -0.2) is 15.5 Å². The van der Waals surface area contributed by atoms with Gasteiger partial charge in [0.1, 0.15) is 12.4 Å². The van der Waals surface area contributed by atoms with Gasteiger partial charge < -0.3 is 4.74 Å². The van der Waals surface area contributed by atoms with Gasteiger partial charge >= 0.3 is 5.97 Å². The zero-order chi connectivity index (χ0) is 20.9. The summed E-state index contributed by atoms with van der Waals surface area (Å²) in [5.74, 6) is 0.373. The Kier molecular flexibility index (Phi) is 5.57. The molecule has 148 valence electrons. The van der Waals surface area contributed by atoms with Gasteiger partial charge in [0, 0.05) is 22.4 Å². The first kappa shape index (κ1) is 19.4. The molecule has 0 unspecified atom stereocenters. The van der Waals surface area contributed by atoms with E-state index < -0.39 is 5.97 Å². The van der Waals surface area contributed by atoms with Crippen molar-refractivity contribution in [2.45, 2.75) is 13.5 Å². The van der Waals surface area contributed by atoms with Gasteiger partial charge in [0.25, 0.3) is 0 Å². The van der Waals surface area contributed by atoms with Crippen molar-refractivity contribution in [1.29, 1.82) is 0 Å². The van der Waals surface area contributed by atoms with Gasteiger partial charge in [0.15, 0.2) is 0 Å². The molecule has 3 aromatic carbocycles. The molecule has 0 atom stereocenters. The molecule has 4 rings (SSSR count). The lowest BCUT2D eigenvalue weighted by atomic mass is 10.1. The molecule has 0 aliphatic rings. The molecule has 0 saturated carbocycles. The molecule has 0 aliphatic carbocycles. The molecule has 1 heterocycles. The summed E-state index contributed by atoms with van der Waals surface area (Å²) in [4.78, 5) is 17.1. The van der Waals surface area contributed by atoms with Gasteiger partial charge in [-0.15, -0.1) is 0 Å². The average Bonchev–Trinajstić information content (AvgIpc) is 3.18. The molecule has 0 aliphatic heterocycles.